The summed E-state index contributed by atoms with van der Waals surface area (Å²) in [5.74, 6) is -0.833. The Hall–Kier alpha value is -1.25. The maximum atomic E-state index is 12.5. The Balaban J connectivity index is 4.19. The predicted octanol–water partition coefficient (Wildman–Crippen LogP) is 9.10. The van der Waals surface area contributed by atoms with Crippen molar-refractivity contribution in [1.82, 2.24) is 0 Å². The molecule has 0 aliphatic rings. The molecule has 1 unspecified atom stereocenters. The second kappa shape index (κ2) is 31.7. The Morgan fingerprint density at radius 1 is 0.705 bits per heavy atom. The second-order valence-electron chi connectivity index (χ2n) is 11.8. The largest absolute Gasteiger partial charge is 0.472 e. The van der Waals surface area contributed by atoms with Crippen molar-refractivity contribution >= 4 is 19.8 Å². The van der Waals surface area contributed by atoms with Gasteiger partial charge in [-0.25, -0.2) is 4.57 Å². The molecule has 0 aromatic rings. The molecule has 9 nitrogen and oxygen atoms in total. The van der Waals surface area contributed by atoms with E-state index in [9.17, 15) is 19.0 Å². The summed E-state index contributed by atoms with van der Waals surface area (Å²) in [7, 11) is -4.36. The molecule has 260 valence electrons. The second-order valence-corrected chi connectivity index (χ2v) is 13.3. The molecule has 0 saturated heterocycles. The highest BCUT2D eigenvalue weighted by Crippen LogP contribution is 2.43. The zero-order valence-corrected chi connectivity index (χ0v) is 28.9. The lowest BCUT2D eigenvalue weighted by molar-refractivity contribution is -0.161. The Kier molecular flexibility index (Phi) is 30.8. The summed E-state index contributed by atoms with van der Waals surface area (Å²) in [6.07, 6.45) is 27.2. The van der Waals surface area contributed by atoms with E-state index in [2.05, 4.69) is 13.5 Å². The average Bonchev–Trinajstić information content (AvgIpc) is 3.00. The fraction of sp³-hybridized carbons (Fsp3) is 0.882. The van der Waals surface area contributed by atoms with Gasteiger partial charge in [-0.15, -0.1) is 6.58 Å². The van der Waals surface area contributed by atoms with E-state index < -0.39 is 26.5 Å². The van der Waals surface area contributed by atoms with Gasteiger partial charge in [0.25, 0.3) is 0 Å². The smallest absolute Gasteiger partial charge is 0.462 e. The minimum Gasteiger partial charge on any atom is -0.462 e. The molecule has 2 atom stereocenters. The summed E-state index contributed by atoms with van der Waals surface area (Å²) in [6.45, 7) is 5.20. The molecular weight excluding hydrogens is 581 g/mol. The summed E-state index contributed by atoms with van der Waals surface area (Å²) in [5, 5.41) is 0. The first-order chi connectivity index (χ1) is 21.3. The summed E-state index contributed by atoms with van der Waals surface area (Å²) >= 11 is 0. The van der Waals surface area contributed by atoms with E-state index in [1.54, 1.807) is 0 Å². The van der Waals surface area contributed by atoms with Crippen molar-refractivity contribution in [2.75, 3.05) is 26.4 Å². The number of allylic oxidation sites excluding steroid dienone is 1. The molecule has 3 N–H and O–H groups in total. The number of phosphoric acid groups is 1. The number of unbranched alkanes of at least 4 members (excludes halogenated alkanes) is 20. The van der Waals surface area contributed by atoms with Crippen molar-refractivity contribution < 1.29 is 37.6 Å². The number of rotatable bonds is 34. The Morgan fingerprint density at radius 2 is 1.16 bits per heavy atom. The summed E-state index contributed by atoms with van der Waals surface area (Å²) < 4.78 is 32.5. The quantitative estimate of drug-likeness (QED) is 0.0303. The van der Waals surface area contributed by atoms with Gasteiger partial charge in [-0.1, -0.05) is 129 Å². The van der Waals surface area contributed by atoms with Gasteiger partial charge in [0.15, 0.2) is 6.10 Å². The van der Waals surface area contributed by atoms with Crippen molar-refractivity contribution in [3.8, 4) is 0 Å². The third-order valence-electron chi connectivity index (χ3n) is 7.55. The van der Waals surface area contributed by atoms with Crippen LogP contribution in [0.15, 0.2) is 12.7 Å². The number of hydrogen-bond donors (Lipinski definition) is 2. The molecule has 44 heavy (non-hydrogen) atoms. The predicted molar refractivity (Wildman–Crippen MR) is 178 cm³/mol. The van der Waals surface area contributed by atoms with E-state index in [0.29, 0.717) is 6.42 Å². The van der Waals surface area contributed by atoms with Crippen LogP contribution in [0.1, 0.15) is 161 Å². The summed E-state index contributed by atoms with van der Waals surface area (Å²) in [6, 6.07) is 0. The number of esters is 2. The van der Waals surface area contributed by atoms with E-state index >= 15 is 0 Å². The molecule has 0 amide bonds. The maximum Gasteiger partial charge on any atom is 0.472 e. The molecule has 0 fully saturated rings. The van der Waals surface area contributed by atoms with Crippen molar-refractivity contribution in [3.05, 3.63) is 12.7 Å². The van der Waals surface area contributed by atoms with Crippen molar-refractivity contribution in [2.45, 2.75) is 167 Å². The number of hydrogen-bond acceptors (Lipinski definition) is 8. The zero-order valence-electron chi connectivity index (χ0n) is 28.0. The molecule has 0 aromatic carbocycles. The van der Waals surface area contributed by atoms with Gasteiger partial charge in [0.2, 0.25) is 0 Å². The van der Waals surface area contributed by atoms with Crippen LogP contribution in [0, 0.1) is 0 Å². The molecule has 0 bridgehead atoms. The van der Waals surface area contributed by atoms with Gasteiger partial charge >= 0.3 is 19.8 Å². The molecule has 0 aliphatic carbocycles. The number of nitrogens with two attached hydrogens (primary N) is 1. The van der Waals surface area contributed by atoms with Gasteiger partial charge in [-0.2, -0.15) is 0 Å². The summed E-state index contributed by atoms with van der Waals surface area (Å²) in [4.78, 5) is 34.5. The van der Waals surface area contributed by atoms with E-state index in [-0.39, 0.29) is 38.6 Å². The van der Waals surface area contributed by atoms with Gasteiger partial charge in [0.05, 0.1) is 13.2 Å². The van der Waals surface area contributed by atoms with Crippen molar-refractivity contribution in [1.29, 1.82) is 0 Å². The zero-order chi connectivity index (χ0) is 32.6. The molecule has 0 heterocycles. The van der Waals surface area contributed by atoms with Gasteiger partial charge in [0.1, 0.15) is 6.61 Å². The van der Waals surface area contributed by atoms with Crippen LogP contribution in [0.2, 0.25) is 0 Å². The highest BCUT2D eigenvalue weighted by Gasteiger charge is 2.25. The first kappa shape index (κ1) is 42.8. The Bertz CT molecular complexity index is 736. The van der Waals surface area contributed by atoms with E-state index in [4.69, 9.17) is 24.3 Å². The first-order valence-corrected chi connectivity index (χ1v) is 19.1. The highest BCUT2D eigenvalue weighted by molar-refractivity contribution is 7.47. The third kappa shape index (κ3) is 30.8. The van der Waals surface area contributed by atoms with Crippen LogP contribution in [0.5, 0.6) is 0 Å². The number of carbonyl (C=O) groups is 2. The van der Waals surface area contributed by atoms with Crippen LogP contribution < -0.4 is 5.73 Å². The topological polar surface area (TPSA) is 134 Å². The van der Waals surface area contributed by atoms with Gasteiger partial charge < -0.3 is 20.1 Å². The van der Waals surface area contributed by atoms with Crippen LogP contribution >= 0.6 is 7.82 Å². The molecule has 0 aromatic heterocycles. The molecule has 0 rings (SSSR count). The lowest BCUT2D eigenvalue weighted by Crippen LogP contribution is -2.29. The van der Waals surface area contributed by atoms with Crippen LogP contribution in [-0.4, -0.2) is 49.3 Å². The Labute approximate surface area is 269 Å². The van der Waals surface area contributed by atoms with E-state index in [1.807, 2.05) is 6.08 Å². The highest BCUT2D eigenvalue weighted by atomic mass is 31.2. The molecule has 0 aliphatic heterocycles. The lowest BCUT2D eigenvalue weighted by atomic mass is 10.0. The fourth-order valence-corrected chi connectivity index (χ4v) is 5.67. The number of carbonyl (C=O) groups excluding carboxylic acids is 2. The normalized spacial score (nSPS) is 13.3. The van der Waals surface area contributed by atoms with Crippen LogP contribution in [0.3, 0.4) is 0 Å². The van der Waals surface area contributed by atoms with Crippen molar-refractivity contribution in [3.63, 3.8) is 0 Å². The molecule has 10 heteroatoms. The van der Waals surface area contributed by atoms with Crippen LogP contribution in [0.25, 0.3) is 0 Å². The molecule has 0 spiro atoms. The van der Waals surface area contributed by atoms with E-state index in [0.717, 1.165) is 44.9 Å². The first-order valence-electron chi connectivity index (χ1n) is 17.6. The molecular formula is C34H66NO8P. The van der Waals surface area contributed by atoms with Gasteiger partial charge in [-0.05, 0) is 25.7 Å². The SMILES string of the molecule is C=CCCCCCCCCCCCCCCCC(=O)O[C@H](COC(=O)CCCCCCCCCC)COP(=O)(O)OCCN. The van der Waals surface area contributed by atoms with Gasteiger partial charge in [-0.3, -0.25) is 18.6 Å². The molecule has 0 radical (unpaired) electrons. The van der Waals surface area contributed by atoms with Gasteiger partial charge in [0, 0.05) is 19.4 Å². The fourth-order valence-electron chi connectivity index (χ4n) is 4.91. The van der Waals surface area contributed by atoms with Crippen LogP contribution in [-0.2, 0) is 32.7 Å². The van der Waals surface area contributed by atoms with E-state index in [1.165, 1.54) is 89.9 Å². The average molecular weight is 648 g/mol. The standard InChI is InChI=1S/C34H66NO8P/c1-3-5-7-9-11-13-14-15-16-17-18-19-21-23-25-27-34(37)43-32(31-42-44(38,39)41-29-28-35)30-40-33(36)26-24-22-20-12-10-8-6-4-2/h3,32H,1,4-31,35H2,2H3,(H,38,39)/t32-/m1/s1. The third-order valence-corrected chi connectivity index (χ3v) is 8.53. The number of phosphoric ester groups is 1. The monoisotopic (exact) mass is 647 g/mol. The minimum absolute atomic E-state index is 0.0552. The van der Waals surface area contributed by atoms with Crippen molar-refractivity contribution in [2.24, 2.45) is 5.73 Å². The maximum absolute atomic E-state index is 12.5. The minimum atomic E-state index is -4.36. The lowest BCUT2D eigenvalue weighted by Gasteiger charge is -2.19. The molecule has 0 saturated carbocycles. The number of ether oxygens (including phenoxy) is 2. The summed E-state index contributed by atoms with van der Waals surface area (Å²) in [5.41, 5.74) is 5.31. The Morgan fingerprint density at radius 3 is 1.64 bits per heavy atom. The van der Waals surface area contributed by atoms with Crippen LogP contribution in [0.4, 0.5) is 0 Å².